The maximum atomic E-state index is 13.7. The van der Waals surface area contributed by atoms with E-state index < -0.39 is 30.1 Å². The highest BCUT2D eigenvalue weighted by Crippen LogP contribution is 2.20. The Morgan fingerprint density at radius 2 is 1.73 bits per heavy atom. The van der Waals surface area contributed by atoms with Crippen molar-refractivity contribution in [1.82, 2.24) is 20.9 Å². The maximum Gasteiger partial charge on any atom is 0.246 e. The lowest BCUT2D eigenvalue weighted by Gasteiger charge is -2.35. The molecule has 9 nitrogen and oxygen atoms in total. The van der Waals surface area contributed by atoms with E-state index >= 15 is 0 Å². The third kappa shape index (κ3) is 9.16. The van der Waals surface area contributed by atoms with Crippen LogP contribution in [0, 0.1) is 5.92 Å². The van der Waals surface area contributed by atoms with Gasteiger partial charge in [-0.1, -0.05) is 81.0 Å². The van der Waals surface area contributed by atoms with E-state index in [-0.39, 0.29) is 24.3 Å². The van der Waals surface area contributed by atoms with E-state index in [1.54, 1.807) is 0 Å². The van der Waals surface area contributed by atoms with E-state index in [9.17, 15) is 19.5 Å². The summed E-state index contributed by atoms with van der Waals surface area (Å²) in [5.74, 6) is -0.574. The van der Waals surface area contributed by atoms with Crippen LogP contribution < -0.4 is 20.7 Å². The van der Waals surface area contributed by atoms with Gasteiger partial charge < -0.3 is 30.7 Å². The Morgan fingerprint density at radius 3 is 2.44 bits per heavy atom. The van der Waals surface area contributed by atoms with Gasteiger partial charge in [-0.2, -0.15) is 0 Å². The van der Waals surface area contributed by atoms with Crippen LogP contribution >= 0.6 is 0 Å². The van der Waals surface area contributed by atoms with Crippen molar-refractivity contribution >= 4 is 23.8 Å². The fourth-order valence-electron chi connectivity index (χ4n) is 4.92. The summed E-state index contributed by atoms with van der Waals surface area (Å²) in [6.07, 6.45) is 4.21. The summed E-state index contributed by atoms with van der Waals surface area (Å²) in [6.45, 7) is 6.43. The van der Waals surface area contributed by atoms with Gasteiger partial charge in [0.05, 0.1) is 12.1 Å². The third-order valence-corrected chi connectivity index (χ3v) is 7.50. The molecule has 0 saturated carbocycles. The van der Waals surface area contributed by atoms with Gasteiger partial charge in [-0.05, 0) is 37.3 Å². The first-order chi connectivity index (χ1) is 19.7. The highest BCUT2D eigenvalue weighted by atomic mass is 16.5. The number of aryl methyl sites for hydroxylation is 1. The summed E-state index contributed by atoms with van der Waals surface area (Å²) in [5, 5.41) is 19.6. The lowest BCUT2D eigenvalue weighted by molar-refractivity contribution is -0.146. The zero-order chi connectivity index (χ0) is 29.8. The lowest BCUT2D eigenvalue weighted by atomic mass is 9.96. The van der Waals surface area contributed by atoms with Gasteiger partial charge in [-0.25, -0.2) is 0 Å². The SMILES string of the molecule is CCC(C)[C@@H]1NCCOc2ccccc2C=CCNC(=O)[C@@H](CCc2ccccc2)NC(=O)[C@H](C(C)O)N(C)C1=O. The molecule has 0 bridgehead atoms. The van der Waals surface area contributed by atoms with Crippen LogP contribution in [0.2, 0.25) is 0 Å². The van der Waals surface area contributed by atoms with Crippen molar-refractivity contribution in [3.8, 4) is 5.75 Å². The van der Waals surface area contributed by atoms with Gasteiger partial charge in [0.25, 0.3) is 0 Å². The molecular weight excluding hydrogens is 520 g/mol. The number of aliphatic hydroxyl groups excluding tert-OH is 1. The fraction of sp³-hybridized carbons (Fsp3) is 0.469. The zero-order valence-electron chi connectivity index (χ0n) is 24.5. The predicted octanol–water partition coefficient (Wildman–Crippen LogP) is 2.54. The molecule has 1 aliphatic rings. The van der Waals surface area contributed by atoms with Gasteiger partial charge in [-0.15, -0.1) is 0 Å². The number of nitrogens with one attached hydrogen (secondary N) is 3. The molecule has 1 aliphatic heterocycles. The van der Waals surface area contributed by atoms with Crippen LogP contribution in [0.1, 0.15) is 44.7 Å². The molecule has 2 aromatic carbocycles. The van der Waals surface area contributed by atoms with Crippen molar-refractivity contribution in [1.29, 1.82) is 0 Å². The molecule has 0 aromatic heterocycles. The number of fused-ring (bicyclic) bond motifs is 1. The van der Waals surface area contributed by atoms with Crippen LogP contribution in [-0.2, 0) is 20.8 Å². The minimum Gasteiger partial charge on any atom is -0.492 e. The molecule has 0 saturated heterocycles. The average molecular weight is 565 g/mol. The average Bonchev–Trinajstić information content (AvgIpc) is 2.97. The van der Waals surface area contributed by atoms with Crippen molar-refractivity contribution in [3.63, 3.8) is 0 Å². The van der Waals surface area contributed by atoms with Crippen molar-refractivity contribution in [2.24, 2.45) is 5.92 Å². The van der Waals surface area contributed by atoms with Crippen LogP contribution in [0.5, 0.6) is 5.75 Å². The molecule has 0 aliphatic carbocycles. The lowest BCUT2D eigenvalue weighted by Crippen LogP contribution is -2.60. The van der Waals surface area contributed by atoms with Crippen molar-refractivity contribution < 1.29 is 24.2 Å². The molecule has 2 aromatic rings. The second kappa shape index (κ2) is 15.9. The van der Waals surface area contributed by atoms with E-state index in [4.69, 9.17) is 4.74 Å². The highest BCUT2D eigenvalue weighted by Gasteiger charge is 2.37. The van der Waals surface area contributed by atoms with Gasteiger partial charge in [0, 0.05) is 25.7 Å². The minimum atomic E-state index is -1.18. The Labute approximate surface area is 243 Å². The number of nitrogens with zero attached hydrogens (tertiary/aromatic N) is 1. The molecule has 5 atom stereocenters. The van der Waals surface area contributed by atoms with E-state index in [2.05, 4.69) is 16.0 Å². The minimum absolute atomic E-state index is 0.0344. The fourth-order valence-corrected chi connectivity index (χ4v) is 4.92. The molecule has 1 heterocycles. The van der Waals surface area contributed by atoms with Gasteiger partial charge in [0.1, 0.15) is 24.4 Å². The van der Waals surface area contributed by atoms with Crippen molar-refractivity contribution in [3.05, 3.63) is 71.8 Å². The molecule has 0 fully saturated rings. The van der Waals surface area contributed by atoms with Crippen LogP contribution in [0.25, 0.3) is 6.08 Å². The van der Waals surface area contributed by atoms with E-state index in [1.807, 2.05) is 80.6 Å². The number of hydrogen-bond acceptors (Lipinski definition) is 6. The molecule has 3 amide bonds. The molecule has 41 heavy (non-hydrogen) atoms. The normalized spacial score (nSPS) is 22.8. The number of benzene rings is 2. The van der Waals surface area contributed by atoms with Crippen molar-refractivity contribution in [2.75, 3.05) is 26.7 Å². The highest BCUT2D eigenvalue weighted by molar-refractivity contribution is 5.93. The number of likely N-dealkylation sites (N-methyl/N-ethyl adjacent to an activating group) is 1. The number of aliphatic hydroxyl groups is 1. The van der Waals surface area contributed by atoms with Crippen LogP contribution in [0.15, 0.2) is 60.7 Å². The number of para-hydroxylation sites is 1. The summed E-state index contributed by atoms with van der Waals surface area (Å²) in [4.78, 5) is 41.8. The van der Waals surface area contributed by atoms with Gasteiger partial charge in [0.15, 0.2) is 0 Å². The third-order valence-electron chi connectivity index (χ3n) is 7.50. The molecule has 2 unspecified atom stereocenters. The summed E-state index contributed by atoms with van der Waals surface area (Å²) in [7, 11) is 1.52. The number of rotatable bonds is 6. The Bertz CT molecular complexity index is 1170. The Hall–Kier alpha value is -3.69. The number of ether oxygens (including phenoxy) is 1. The Balaban J connectivity index is 1.92. The first kappa shape index (κ1) is 31.8. The molecule has 3 rings (SSSR count). The number of carbonyl (C=O) groups excluding carboxylic acids is 3. The summed E-state index contributed by atoms with van der Waals surface area (Å²) in [6, 6.07) is 14.7. The van der Waals surface area contributed by atoms with Crippen LogP contribution in [0.4, 0.5) is 0 Å². The Kier molecular flexibility index (Phi) is 12.4. The number of carbonyl (C=O) groups is 3. The van der Waals surface area contributed by atoms with Crippen LogP contribution in [0.3, 0.4) is 0 Å². The predicted molar refractivity (Wildman–Crippen MR) is 160 cm³/mol. The van der Waals surface area contributed by atoms with Gasteiger partial charge in [0.2, 0.25) is 17.7 Å². The van der Waals surface area contributed by atoms with E-state index in [0.29, 0.717) is 31.7 Å². The van der Waals surface area contributed by atoms with Crippen molar-refractivity contribution in [2.45, 2.75) is 64.3 Å². The van der Waals surface area contributed by atoms with E-state index in [0.717, 1.165) is 17.5 Å². The first-order valence-corrected chi connectivity index (χ1v) is 14.4. The molecule has 0 spiro atoms. The maximum absolute atomic E-state index is 13.7. The first-order valence-electron chi connectivity index (χ1n) is 14.4. The van der Waals surface area contributed by atoms with Gasteiger partial charge in [-0.3, -0.25) is 14.4 Å². The van der Waals surface area contributed by atoms with Gasteiger partial charge >= 0.3 is 0 Å². The monoisotopic (exact) mass is 564 g/mol. The topological polar surface area (TPSA) is 120 Å². The molecular formula is C32H44N4O5. The molecule has 222 valence electrons. The molecule has 9 heteroatoms. The number of hydrogen-bond donors (Lipinski definition) is 4. The standard InChI is InChI=1S/C32H44N4O5/c1-5-22(2)28-32(40)36(4)29(23(3)37)31(39)35-26(18-17-24-12-7-6-8-13-24)30(38)34-19-11-15-25-14-9-10-16-27(25)41-21-20-33-28/h6-16,22-23,26,28-29,33,37H,5,17-21H2,1-4H3,(H,34,38)(H,35,39)/t22?,23?,26-,28+,29+/m1/s1. The summed E-state index contributed by atoms with van der Waals surface area (Å²) in [5.41, 5.74) is 1.90. The second-order valence-electron chi connectivity index (χ2n) is 10.6. The van der Waals surface area contributed by atoms with Crippen LogP contribution in [-0.4, -0.2) is 78.7 Å². The Morgan fingerprint density at radius 1 is 1.02 bits per heavy atom. The number of amides is 3. The molecule has 0 radical (unpaired) electrons. The smallest absolute Gasteiger partial charge is 0.246 e. The largest absolute Gasteiger partial charge is 0.492 e. The summed E-state index contributed by atoms with van der Waals surface area (Å²) < 4.78 is 6.02. The molecule has 4 N–H and O–H groups in total. The second-order valence-corrected chi connectivity index (χ2v) is 10.6. The van der Waals surface area contributed by atoms with E-state index in [1.165, 1.54) is 18.9 Å². The summed E-state index contributed by atoms with van der Waals surface area (Å²) >= 11 is 0. The quantitative estimate of drug-likeness (QED) is 0.428. The zero-order valence-corrected chi connectivity index (χ0v) is 24.5.